The highest BCUT2D eigenvalue weighted by molar-refractivity contribution is 7.44. The first-order valence-electron chi connectivity index (χ1n) is 20.5. The van der Waals surface area contributed by atoms with Crippen LogP contribution >= 0.6 is 7.82 Å². The van der Waals surface area contributed by atoms with E-state index in [-0.39, 0.29) is 37.4 Å². The van der Waals surface area contributed by atoms with Gasteiger partial charge in [0.2, 0.25) is 0 Å². The first kappa shape index (κ1) is 44.6. The van der Waals surface area contributed by atoms with Crippen molar-refractivity contribution in [2.24, 2.45) is 46.3 Å². The molecule has 13 heteroatoms. The van der Waals surface area contributed by atoms with Crippen LogP contribution in [-0.4, -0.2) is 94.3 Å². The molecule has 12 nitrogen and oxygen atoms in total. The van der Waals surface area contributed by atoms with E-state index in [1.807, 2.05) is 0 Å². The fraction of sp³-hybridized carbons (Fsp3) is 0.925. The average molecular weight is 773 g/mol. The van der Waals surface area contributed by atoms with Crippen molar-refractivity contribution < 1.29 is 52.5 Å². The number of rotatable bonds is 24. The van der Waals surface area contributed by atoms with Gasteiger partial charge in [-0.25, -0.2) is 4.79 Å². The van der Waals surface area contributed by atoms with Crippen LogP contribution in [0.15, 0.2) is 11.6 Å². The minimum atomic E-state index is -4.85. The second-order valence-corrected chi connectivity index (χ2v) is 18.4. The number of hydrogen-bond acceptors (Lipinski definition) is 10. The first-order chi connectivity index (χ1) is 25.2. The quantitative estimate of drug-likeness (QED) is 0.0564. The number of aliphatic hydroxyl groups excluding tert-OH is 1. The third-order valence-corrected chi connectivity index (χ3v) is 13.6. The molecule has 0 aromatic rings. The molecule has 0 spiro atoms. The number of hydrogen-bond donors (Lipinski definition) is 3. The number of nitrogens with one attached hydrogen (secondary N) is 1. The predicted molar refractivity (Wildman–Crippen MR) is 201 cm³/mol. The number of ether oxygens (including phenoxy) is 5. The number of phosphoric acid groups is 1. The predicted octanol–water partition coefficient (Wildman–Crippen LogP) is 6.42. The smallest absolute Gasteiger partial charge is 0.407 e. The van der Waals surface area contributed by atoms with Gasteiger partial charge in [0.25, 0.3) is 7.82 Å². The zero-order valence-electron chi connectivity index (χ0n) is 33.3. The summed E-state index contributed by atoms with van der Waals surface area (Å²) in [6.07, 6.45) is 15.5. The molecule has 4 aliphatic rings. The molecular formula is C40H71NO11P-. The van der Waals surface area contributed by atoms with Crippen LogP contribution < -0.4 is 10.2 Å². The second-order valence-electron chi connectivity index (χ2n) is 17.2. The molecule has 0 bridgehead atoms. The van der Waals surface area contributed by atoms with Gasteiger partial charge in [-0.15, -0.1) is 0 Å². The molecule has 4 aliphatic carbocycles. The Morgan fingerprint density at radius 1 is 0.906 bits per heavy atom. The minimum absolute atomic E-state index is 0.0546. The SMILES string of the molecule is CC(C)CCCC(C)C1CCC2C3CC=C4C[C@@H](OC(=O)NCCCOCCOCCOCCOCC(O)COP(=O)([O-])O)CC[C@]4(C)C3CC[C@]12C. The molecule has 308 valence electrons. The van der Waals surface area contributed by atoms with Crippen LogP contribution in [0.5, 0.6) is 0 Å². The second kappa shape index (κ2) is 21.4. The van der Waals surface area contributed by atoms with Crippen LogP contribution in [0.3, 0.4) is 0 Å². The maximum Gasteiger partial charge on any atom is 0.407 e. The maximum atomic E-state index is 12.7. The highest BCUT2D eigenvalue weighted by Crippen LogP contribution is 2.67. The number of alkyl carbamates (subject to hydrolysis) is 1. The van der Waals surface area contributed by atoms with Crippen molar-refractivity contribution in [1.29, 1.82) is 0 Å². The summed E-state index contributed by atoms with van der Waals surface area (Å²) in [5.41, 5.74) is 2.28. The number of aliphatic hydroxyl groups is 1. The van der Waals surface area contributed by atoms with E-state index in [2.05, 4.69) is 50.5 Å². The van der Waals surface area contributed by atoms with Crippen molar-refractivity contribution in [3.05, 3.63) is 11.6 Å². The summed E-state index contributed by atoms with van der Waals surface area (Å²) >= 11 is 0. The zero-order chi connectivity index (χ0) is 38.5. The third-order valence-electron chi connectivity index (χ3n) is 13.1. The molecule has 3 saturated carbocycles. The Kier molecular flexibility index (Phi) is 18.1. The molecule has 0 radical (unpaired) electrons. The van der Waals surface area contributed by atoms with Crippen LogP contribution in [-0.2, 0) is 32.8 Å². The Labute approximate surface area is 319 Å². The van der Waals surface area contributed by atoms with Crippen LogP contribution in [0.25, 0.3) is 0 Å². The first-order valence-corrected chi connectivity index (χ1v) is 22.0. The molecule has 0 heterocycles. The van der Waals surface area contributed by atoms with Gasteiger partial charge in [0.1, 0.15) is 12.2 Å². The van der Waals surface area contributed by atoms with Gasteiger partial charge in [-0.3, -0.25) is 4.57 Å². The summed E-state index contributed by atoms with van der Waals surface area (Å²) in [6, 6.07) is 0. The molecule has 53 heavy (non-hydrogen) atoms. The molecule has 0 aromatic carbocycles. The lowest BCUT2D eigenvalue weighted by atomic mass is 9.47. The molecule has 0 saturated heterocycles. The molecule has 1 amide bonds. The van der Waals surface area contributed by atoms with Gasteiger partial charge in [0, 0.05) is 19.6 Å². The molecule has 0 aliphatic heterocycles. The van der Waals surface area contributed by atoms with Gasteiger partial charge in [0.15, 0.2) is 0 Å². The number of carbonyl (C=O) groups excluding carboxylic acids is 1. The monoisotopic (exact) mass is 772 g/mol. The van der Waals surface area contributed by atoms with Gasteiger partial charge in [-0.05, 0) is 97.7 Å². The van der Waals surface area contributed by atoms with E-state index in [1.165, 1.54) is 51.4 Å². The van der Waals surface area contributed by atoms with Crippen LogP contribution in [0.2, 0.25) is 0 Å². The topological polar surface area (TPSA) is 165 Å². The largest absolute Gasteiger partial charge is 0.756 e. The molecule has 3 fully saturated rings. The lowest BCUT2D eigenvalue weighted by molar-refractivity contribution is -0.222. The van der Waals surface area contributed by atoms with Gasteiger partial charge in [0.05, 0.1) is 52.9 Å². The van der Waals surface area contributed by atoms with E-state index in [1.54, 1.807) is 5.57 Å². The minimum Gasteiger partial charge on any atom is -0.756 e. The number of fused-ring (bicyclic) bond motifs is 5. The van der Waals surface area contributed by atoms with Crippen molar-refractivity contribution in [2.45, 2.75) is 124 Å². The van der Waals surface area contributed by atoms with E-state index in [0.29, 0.717) is 51.4 Å². The summed E-state index contributed by atoms with van der Waals surface area (Å²) in [5, 5.41) is 12.4. The highest BCUT2D eigenvalue weighted by atomic mass is 31.2. The van der Waals surface area contributed by atoms with Gasteiger partial charge < -0.3 is 48.4 Å². The summed E-state index contributed by atoms with van der Waals surface area (Å²) < 4.78 is 42.1. The molecule has 3 N–H and O–H groups in total. The molecule has 4 rings (SSSR count). The molecular weight excluding hydrogens is 701 g/mol. The number of phosphoric ester groups is 1. The Morgan fingerprint density at radius 2 is 1.58 bits per heavy atom. The average Bonchev–Trinajstić information content (AvgIpc) is 3.46. The van der Waals surface area contributed by atoms with Crippen molar-refractivity contribution in [3.8, 4) is 0 Å². The Bertz CT molecular complexity index is 1180. The van der Waals surface area contributed by atoms with Gasteiger partial charge >= 0.3 is 6.09 Å². The summed E-state index contributed by atoms with van der Waals surface area (Å²) in [5.74, 6) is 4.93. The van der Waals surface area contributed by atoms with E-state index in [9.17, 15) is 19.4 Å². The normalized spacial score (nSPS) is 31.9. The Balaban J connectivity index is 1.02. The van der Waals surface area contributed by atoms with Crippen molar-refractivity contribution in [1.82, 2.24) is 5.32 Å². The summed E-state index contributed by atoms with van der Waals surface area (Å²) in [7, 11) is -4.85. The molecule has 10 atom stereocenters. The number of allylic oxidation sites excluding steroid dienone is 1. The zero-order valence-corrected chi connectivity index (χ0v) is 34.2. The molecule has 7 unspecified atom stereocenters. The molecule has 0 aromatic heterocycles. The van der Waals surface area contributed by atoms with Gasteiger partial charge in [-0.1, -0.05) is 65.5 Å². The number of carbonyl (C=O) groups is 1. The van der Waals surface area contributed by atoms with E-state index in [4.69, 9.17) is 28.6 Å². The Morgan fingerprint density at radius 3 is 2.26 bits per heavy atom. The van der Waals surface area contributed by atoms with Crippen LogP contribution in [0.4, 0.5) is 4.79 Å². The lowest BCUT2D eigenvalue weighted by Crippen LogP contribution is -2.51. The number of amides is 1. The van der Waals surface area contributed by atoms with Crippen molar-refractivity contribution >= 4 is 13.9 Å². The van der Waals surface area contributed by atoms with Crippen molar-refractivity contribution in [2.75, 3.05) is 66.0 Å². The highest BCUT2D eigenvalue weighted by Gasteiger charge is 2.59. The Hall–Kier alpha value is -1.08. The van der Waals surface area contributed by atoms with E-state index < -0.39 is 20.5 Å². The van der Waals surface area contributed by atoms with E-state index in [0.717, 1.165) is 54.8 Å². The van der Waals surface area contributed by atoms with E-state index >= 15 is 0 Å². The lowest BCUT2D eigenvalue weighted by Gasteiger charge is -2.58. The standard InChI is InChI=1S/C40H72NO11P/c1-29(2)8-6-9-30(3)35-12-13-36-34-11-10-31-26-33(14-16-39(31,4)37(34)15-17-40(35,36)5)52-38(43)41-18-7-19-47-20-21-48-22-23-49-24-25-50-27-32(42)28-51-53(44,45)46/h10,29-30,32-37,42H,6-9,11-28H2,1-5H3,(H,41,43)(H2,44,45,46)/p-1/t30?,32?,33-,34?,35?,36?,37?,39-,40+/m0/s1. The van der Waals surface area contributed by atoms with Crippen LogP contribution in [0.1, 0.15) is 112 Å². The third kappa shape index (κ3) is 13.5. The van der Waals surface area contributed by atoms with Crippen molar-refractivity contribution in [3.63, 3.8) is 0 Å². The fourth-order valence-electron chi connectivity index (χ4n) is 10.4. The van der Waals surface area contributed by atoms with Gasteiger partial charge in [-0.2, -0.15) is 0 Å². The van der Waals surface area contributed by atoms with Crippen LogP contribution in [0, 0.1) is 46.3 Å². The summed E-state index contributed by atoms with van der Waals surface area (Å²) in [6.45, 7) is 14.8. The fourth-order valence-corrected chi connectivity index (χ4v) is 10.8. The summed E-state index contributed by atoms with van der Waals surface area (Å²) in [4.78, 5) is 31.6. The maximum absolute atomic E-state index is 12.7.